The van der Waals surface area contributed by atoms with E-state index in [1.807, 2.05) is 30.3 Å². The summed E-state index contributed by atoms with van der Waals surface area (Å²) in [6.45, 7) is 4.23. The van der Waals surface area contributed by atoms with Crippen molar-refractivity contribution in [3.8, 4) is 0 Å². The molecule has 1 unspecified atom stereocenters. The van der Waals surface area contributed by atoms with E-state index in [0.29, 0.717) is 17.2 Å². The molecule has 0 bridgehead atoms. The third-order valence-corrected chi connectivity index (χ3v) is 3.48. The van der Waals surface area contributed by atoms with Gasteiger partial charge in [0.2, 0.25) is 0 Å². The maximum absolute atomic E-state index is 12.8. The van der Waals surface area contributed by atoms with E-state index in [-0.39, 0.29) is 11.7 Å². The van der Waals surface area contributed by atoms with Crippen LogP contribution in [0.25, 0.3) is 0 Å². The SMILES string of the molecule is CC(C)CC(C(=O)c1ccc(N=O)cc1)c1ccccc1. The quantitative estimate of drug-likeness (QED) is 0.546. The molecule has 0 aliphatic rings. The van der Waals surface area contributed by atoms with E-state index in [1.54, 1.807) is 24.3 Å². The van der Waals surface area contributed by atoms with Crippen molar-refractivity contribution in [2.24, 2.45) is 11.1 Å². The summed E-state index contributed by atoms with van der Waals surface area (Å²) < 4.78 is 0. The molecular formula is C18H19NO2. The van der Waals surface area contributed by atoms with Gasteiger partial charge >= 0.3 is 0 Å². The zero-order chi connectivity index (χ0) is 15.2. The smallest absolute Gasteiger partial charge is 0.170 e. The number of rotatable bonds is 6. The van der Waals surface area contributed by atoms with E-state index in [1.165, 1.54) is 0 Å². The average Bonchev–Trinajstić information content (AvgIpc) is 2.53. The second kappa shape index (κ2) is 6.93. The van der Waals surface area contributed by atoms with Gasteiger partial charge in [-0.15, -0.1) is 4.91 Å². The highest BCUT2D eigenvalue weighted by atomic mass is 16.3. The summed E-state index contributed by atoms with van der Waals surface area (Å²) in [4.78, 5) is 23.2. The summed E-state index contributed by atoms with van der Waals surface area (Å²) in [5.41, 5.74) is 2.00. The third kappa shape index (κ3) is 3.85. The lowest BCUT2D eigenvalue weighted by atomic mass is 9.84. The average molecular weight is 281 g/mol. The summed E-state index contributed by atoms with van der Waals surface area (Å²) in [6.07, 6.45) is 0.802. The number of ketones is 1. The number of benzene rings is 2. The molecule has 2 aromatic rings. The molecule has 3 heteroatoms. The van der Waals surface area contributed by atoms with Crippen LogP contribution in [-0.2, 0) is 0 Å². The van der Waals surface area contributed by atoms with Gasteiger partial charge in [-0.2, -0.15) is 0 Å². The number of carbonyl (C=O) groups is 1. The van der Waals surface area contributed by atoms with Gasteiger partial charge in [0.15, 0.2) is 5.78 Å². The van der Waals surface area contributed by atoms with Gasteiger partial charge in [0.25, 0.3) is 0 Å². The molecule has 21 heavy (non-hydrogen) atoms. The number of Topliss-reactive ketones (excluding diaryl/α,β-unsaturated/α-hetero) is 1. The van der Waals surface area contributed by atoms with Gasteiger partial charge in [0, 0.05) is 11.5 Å². The van der Waals surface area contributed by atoms with Crippen molar-refractivity contribution >= 4 is 11.5 Å². The fourth-order valence-corrected chi connectivity index (χ4v) is 2.44. The molecule has 108 valence electrons. The normalized spacial score (nSPS) is 12.1. The minimum atomic E-state index is -0.152. The highest BCUT2D eigenvalue weighted by Gasteiger charge is 2.22. The van der Waals surface area contributed by atoms with Crippen molar-refractivity contribution in [1.82, 2.24) is 0 Å². The molecule has 1 atom stereocenters. The Hall–Kier alpha value is -2.29. The van der Waals surface area contributed by atoms with Crippen LogP contribution in [0.5, 0.6) is 0 Å². The lowest BCUT2D eigenvalue weighted by molar-refractivity contribution is 0.0948. The van der Waals surface area contributed by atoms with Crippen molar-refractivity contribution < 1.29 is 4.79 Å². The molecule has 0 aliphatic carbocycles. The lowest BCUT2D eigenvalue weighted by Crippen LogP contribution is -2.15. The highest BCUT2D eigenvalue weighted by molar-refractivity contribution is 6.01. The van der Waals surface area contributed by atoms with Crippen LogP contribution in [0, 0.1) is 10.8 Å². The van der Waals surface area contributed by atoms with Gasteiger partial charge in [-0.05, 0) is 47.3 Å². The molecular weight excluding hydrogens is 262 g/mol. The Morgan fingerprint density at radius 3 is 2.14 bits per heavy atom. The third-order valence-electron chi connectivity index (χ3n) is 3.48. The van der Waals surface area contributed by atoms with Crippen LogP contribution in [0.15, 0.2) is 59.8 Å². The number of hydrogen-bond donors (Lipinski definition) is 0. The number of hydrogen-bond acceptors (Lipinski definition) is 3. The Bertz CT molecular complexity index is 603. The number of carbonyl (C=O) groups excluding carboxylic acids is 1. The molecule has 0 aliphatic heterocycles. The molecule has 0 N–H and O–H groups in total. The Morgan fingerprint density at radius 1 is 1.00 bits per heavy atom. The van der Waals surface area contributed by atoms with Crippen molar-refractivity contribution in [3.63, 3.8) is 0 Å². The van der Waals surface area contributed by atoms with E-state index in [9.17, 15) is 9.70 Å². The zero-order valence-electron chi connectivity index (χ0n) is 12.3. The van der Waals surface area contributed by atoms with Crippen LogP contribution >= 0.6 is 0 Å². The topological polar surface area (TPSA) is 46.5 Å². The monoisotopic (exact) mass is 281 g/mol. The van der Waals surface area contributed by atoms with Crippen LogP contribution in [-0.4, -0.2) is 5.78 Å². The van der Waals surface area contributed by atoms with Crippen LogP contribution in [0.3, 0.4) is 0 Å². The van der Waals surface area contributed by atoms with E-state index in [4.69, 9.17) is 0 Å². The van der Waals surface area contributed by atoms with Gasteiger partial charge in [-0.25, -0.2) is 0 Å². The van der Waals surface area contributed by atoms with Crippen LogP contribution in [0.4, 0.5) is 5.69 Å². The summed E-state index contributed by atoms with van der Waals surface area (Å²) in [5, 5.41) is 2.86. The number of nitrogens with zero attached hydrogens (tertiary/aromatic N) is 1. The fraction of sp³-hybridized carbons (Fsp3) is 0.278. The maximum Gasteiger partial charge on any atom is 0.170 e. The minimum absolute atomic E-state index is 0.0901. The van der Waals surface area contributed by atoms with Crippen molar-refractivity contribution in [3.05, 3.63) is 70.6 Å². The van der Waals surface area contributed by atoms with Crippen molar-refractivity contribution in [2.75, 3.05) is 0 Å². The van der Waals surface area contributed by atoms with Gasteiger partial charge in [-0.1, -0.05) is 44.2 Å². The molecule has 0 amide bonds. The molecule has 0 fully saturated rings. The Balaban J connectivity index is 2.31. The summed E-state index contributed by atoms with van der Waals surface area (Å²) in [6, 6.07) is 16.4. The molecule has 2 rings (SSSR count). The first-order valence-electron chi connectivity index (χ1n) is 7.14. The van der Waals surface area contributed by atoms with E-state index >= 15 is 0 Å². The summed E-state index contributed by atoms with van der Waals surface area (Å²) >= 11 is 0. The molecule has 0 aromatic heterocycles. The first kappa shape index (κ1) is 15.1. The molecule has 0 radical (unpaired) electrons. The largest absolute Gasteiger partial charge is 0.293 e. The highest BCUT2D eigenvalue weighted by Crippen LogP contribution is 2.28. The first-order chi connectivity index (χ1) is 10.1. The Morgan fingerprint density at radius 2 is 1.62 bits per heavy atom. The second-order valence-corrected chi connectivity index (χ2v) is 5.60. The fourth-order valence-electron chi connectivity index (χ4n) is 2.44. The molecule has 0 saturated heterocycles. The predicted molar refractivity (Wildman–Crippen MR) is 84.9 cm³/mol. The van der Waals surface area contributed by atoms with Crippen LogP contribution in [0.1, 0.15) is 42.1 Å². The van der Waals surface area contributed by atoms with Gasteiger partial charge in [0.1, 0.15) is 5.69 Å². The van der Waals surface area contributed by atoms with Crippen molar-refractivity contribution in [2.45, 2.75) is 26.2 Å². The van der Waals surface area contributed by atoms with Gasteiger partial charge < -0.3 is 0 Å². The molecule has 3 nitrogen and oxygen atoms in total. The Kier molecular flexibility index (Phi) is 4.99. The van der Waals surface area contributed by atoms with E-state index < -0.39 is 0 Å². The minimum Gasteiger partial charge on any atom is -0.293 e. The van der Waals surface area contributed by atoms with Gasteiger partial charge in [0.05, 0.1) is 0 Å². The molecule has 0 spiro atoms. The molecule has 2 aromatic carbocycles. The number of nitroso groups, excluding NO2 is 1. The van der Waals surface area contributed by atoms with Crippen LogP contribution in [0.2, 0.25) is 0 Å². The summed E-state index contributed by atoms with van der Waals surface area (Å²) in [5.74, 6) is 0.365. The lowest BCUT2D eigenvalue weighted by Gasteiger charge is -2.18. The molecule has 0 heterocycles. The molecule has 0 saturated carbocycles. The van der Waals surface area contributed by atoms with Crippen LogP contribution < -0.4 is 0 Å². The van der Waals surface area contributed by atoms with E-state index in [0.717, 1.165) is 12.0 Å². The predicted octanol–water partition coefficient (Wildman–Crippen LogP) is 5.10. The van der Waals surface area contributed by atoms with Crippen molar-refractivity contribution in [1.29, 1.82) is 0 Å². The van der Waals surface area contributed by atoms with E-state index in [2.05, 4.69) is 19.0 Å². The standard InChI is InChI=1S/C18H19NO2/c1-13(2)12-17(14-6-4-3-5-7-14)18(20)15-8-10-16(19-21)11-9-15/h3-11,13,17H,12H2,1-2H3. The second-order valence-electron chi connectivity index (χ2n) is 5.60. The zero-order valence-corrected chi connectivity index (χ0v) is 12.3. The van der Waals surface area contributed by atoms with Gasteiger partial charge in [-0.3, -0.25) is 4.79 Å². The maximum atomic E-state index is 12.8. The first-order valence-corrected chi connectivity index (χ1v) is 7.14. The Labute approximate surface area is 125 Å². The summed E-state index contributed by atoms with van der Waals surface area (Å²) in [7, 11) is 0.